The number of unbranched alkanes of at least 4 members (excludes halogenated alkanes) is 1. The van der Waals surface area contributed by atoms with E-state index in [0.717, 1.165) is 24.7 Å². The topological polar surface area (TPSA) is 133 Å². The Balaban J connectivity index is 1.47. The Kier molecular flexibility index (Phi) is 7.95. The molecule has 0 saturated carbocycles. The Morgan fingerprint density at radius 2 is 1.85 bits per heavy atom. The lowest BCUT2D eigenvalue weighted by Crippen LogP contribution is -2.26. The number of rotatable bonds is 10. The fourth-order valence-electron chi connectivity index (χ4n) is 4.38. The smallest absolute Gasteiger partial charge is 0.261 e. The standard InChI is InChI=1S/C28H27ClN6O4S/c1-3-4-9-25-30-24-15-14-20(40(2,37)38)16-22(24)28(36)35(25)17-18-10-12-19(13-11-18)39-26(27-31-33-34-32-27)21-7-5-6-8-23(21)29/h5-8,10-16,26H,3-4,9,17H2,1-2H3,(H,31,32,33,34). The molecule has 12 heteroatoms. The van der Waals surface area contributed by atoms with Gasteiger partial charge in [-0.1, -0.05) is 60.5 Å². The molecular formula is C28H27ClN6O4S. The molecule has 0 aliphatic heterocycles. The summed E-state index contributed by atoms with van der Waals surface area (Å²) in [5, 5.41) is 15.0. The van der Waals surface area contributed by atoms with Crippen LogP contribution in [-0.2, 0) is 22.8 Å². The Bertz CT molecular complexity index is 1810. The van der Waals surface area contributed by atoms with Crippen molar-refractivity contribution in [3.05, 3.63) is 105 Å². The van der Waals surface area contributed by atoms with E-state index in [-0.39, 0.29) is 22.4 Å². The Morgan fingerprint density at radius 3 is 2.52 bits per heavy atom. The first kappa shape index (κ1) is 27.5. The fraction of sp³-hybridized carbons (Fsp3) is 0.250. The lowest BCUT2D eigenvalue weighted by molar-refractivity contribution is 0.237. The number of aryl methyl sites for hydroxylation is 1. The van der Waals surface area contributed by atoms with E-state index in [4.69, 9.17) is 21.3 Å². The highest BCUT2D eigenvalue weighted by Gasteiger charge is 2.23. The number of halogens is 1. The summed E-state index contributed by atoms with van der Waals surface area (Å²) in [5.41, 5.74) is 1.74. The van der Waals surface area contributed by atoms with Crippen LogP contribution in [0.1, 0.15) is 48.6 Å². The minimum atomic E-state index is -3.47. The summed E-state index contributed by atoms with van der Waals surface area (Å²) in [5.74, 6) is 1.54. The van der Waals surface area contributed by atoms with Crippen LogP contribution in [0.5, 0.6) is 5.75 Å². The normalized spacial score (nSPS) is 12.5. The van der Waals surface area contributed by atoms with Gasteiger partial charge in [0.15, 0.2) is 15.9 Å². The maximum atomic E-state index is 13.6. The van der Waals surface area contributed by atoms with E-state index in [1.54, 1.807) is 28.8 Å². The largest absolute Gasteiger partial charge is 0.477 e. The van der Waals surface area contributed by atoms with Gasteiger partial charge in [-0.05, 0) is 48.4 Å². The number of fused-ring (bicyclic) bond motifs is 1. The number of nitrogens with one attached hydrogen (secondary N) is 1. The molecule has 5 aromatic rings. The molecule has 1 N–H and O–H groups in total. The number of hydrogen-bond acceptors (Lipinski definition) is 8. The molecule has 0 amide bonds. The summed E-state index contributed by atoms with van der Waals surface area (Å²) in [6.07, 6.45) is 2.87. The third-order valence-corrected chi connectivity index (χ3v) is 7.94. The van der Waals surface area contributed by atoms with Gasteiger partial charge in [0.2, 0.25) is 5.82 Å². The third-order valence-electron chi connectivity index (χ3n) is 6.49. The fourth-order valence-corrected chi connectivity index (χ4v) is 5.26. The van der Waals surface area contributed by atoms with E-state index in [1.807, 2.05) is 30.3 Å². The lowest BCUT2D eigenvalue weighted by Gasteiger charge is -2.18. The second-order valence-corrected chi connectivity index (χ2v) is 11.8. The van der Waals surface area contributed by atoms with Gasteiger partial charge in [0, 0.05) is 23.3 Å². The summed E-state index contributed by atoms with van der Waals surface area (Å²) >= 11 is 6.42. The lowest BCUT2D eigenvalue weighted by atomic mass is 10.1. The molecule has 0 bridgehead atoms. The molecule has 10 nitrogen and oxygen atoms in total. The van der Waals surface area contributed by atoms with Crippen LogP contribution in [-0.4, -0.2) is 44.8 Å². The molecule has 1 atom stereocenters. The van der Waals surface area contributed by atoms with E-state index in [2.05, 4.69) is 27.5 Å². The zero-order valence-electron chi connectivity index (χ0n) is 21.9. The summed E-state index contributed by atoms with van der Waals surface area (Å²) in [6.45, 7) is 2.34. The van der Waals surface area contributed by atoms with Crippen LogP contribution in [0, 0.1) is 0 Å². The molecule has 40 heavy (non-hydrogen) atoms. The average Bonchev–Trinajstić information content (AvgIpc) is 3.48. The van der Waals surface area contributed by atoms with Crippen molar-refractivity contribution in [2.24, 2.45) is 0 Å². The number of tetrazole rings is 1. The zero-order chi connectivity index (χ0) is 28.3. The summed E-state index contributed by atoms with van der Waals surface area (Å²) in [6, 6.07) is 19.1. The number of nitrogens with zero attached hydrogens (tertiary/aromatic N) is 5. The van der Waals surface area contributed by atoms with E-state index >= 15 is 0 Å². The average molecular weight is 579 g/mol. The van der Waals surface area contributed by atoms with Crippen molar-refractivity contribution in [2.45, 2.75) is 43.7 Å². The number of sulfone groups is 1. The highest BCUT2D eigenvalue weighted by atomic mass is 35.5. The van der Waals surface area contributed by atoms with Gasteiger partial charge in [-0.3, -0.25) is 9.36 Å². The maximum Gasteiger partial charge on any atom is 0.261 e. The second kappa shape index (κ2) is 11.6. The minimum absolute atomic E-state index is 0.0861. The molecule has 1 unspecified atom stereocenters. The molecule has 2 aromatic heterocycles. The highest BCUT2D eigenvalue weighted by Crippen LogP contribution is 2.31. The van der Waals surface area contributed by atoms with Crippen LogP contribution in [0.25, 0.3) is 10.9 Å². The van der Waals surface area contributed by atoms with E-state index in [9.17, 15) is 13.2 Å². The van der Waals surface area contributed by atoms with Crippen molar-refractivity contribution in [3.63, 3.8) is 0 Å². The predicted octanol–water partition coefficient (Wildman–Crippen LogP) is 4.53. The van der Waals surface area contributed by atoms with Gasteiger partial charge in [0.05, 0.1) is 22.3 Å². The van der Waals surface area contributed by atoms with Gasteiger partial charge < -0.3 is 4.74 Å². The third kappa shape index (κ3) is 5.90. The molecular weight excluding hydrogens is 552 g/mol. The summed E-state index contributed by atoms with van der Waals surface area (Å²) < 4.78 is 32.1. The monoisotopic (exact) mass is 578 g/mol. The summed E-state index contributed by atoms with van der Waals surface area (Å²) in [7, 11) is -3.47. The van der Waals surface area contributed by atoms with Gasteiger partial charge in [-0.2, -0.15) is 5.21 Å². The van der Waals surface area contributed by atoms with Crippen molar-refractivity contribution in [1.82, 2.24) is 30.2 Å². The van der Waals surface area contributed by atoms with Crippen molar-refractivity contribution < 1.29 is 13.2 Å². The molecule has 0 saturated heterocycles. The van der Waals surface area contributed by atoms with Gasteiger partial charge in [-0.25, -0.2) is 13.4 Å². The number of ether oxygens (including phenoxy) is 1. The van der Waals surface area contributed by atoms with Crippen LogP contribution in [0.2, 0.25) is 5.02 Å². The van der Waals surface area contributed by atoms with Crippen LogP contribution >= 0.6 is 11.6 Å². The van der Waals surface area contributed by atoms with E-state index in [0.29, 0.717) is 39.9 Å². The molecule has 206 valence electrons. The zero-order valence-corrected chi connectivity index (χ0v) is 23.5. The van der Waals surface area contributed by atoms with Crippen LogP contribution in [0.3, 0.4) is 0 Å². The summed E-state index contributed by atoms with van der Waals surface area (Å²) in [4.78, 5) is 18.4. The maximum absolute atomic E-state index is 13.6. The highest BCUT2D eigenvalue weighted by molar-refractivity contribution is 7.90. The second-order valence-electron chi connectivity index (χ2n) is 9.41. The molecule has 0 spiro atoms. The molecule has 0 radical (unpaired) electrons. The van der Waals surface area contributed by atoms with Gasteiger partial charge in [0.1, 0.15) is 11.6 Å². The molecule has 5 rings (SSSR count). The van der Waals surface area contributed by atoms with Crippen LogP contribution < -0.4 is 10.3 Å². The van der Waals surface area contributed by atoms with E-state index < -0.39 is 15.9 Å². The number of H-pyrrole nitrogens is 1. The first-order valence-electron chi connectivity index (χ1n) is 12.7. The van der Waals surface area contributed by atoms with Crippen molar-refractivity contribution in [3.8, 4) is 5.75 Å². The number of benzene rings is 3. The molecule has 0 fully saturated rings. The molecule has 2 heterocycles. The van der Waals surface area contributed by atoms with E-state index in [1.165, 1.54) is 12.1 Å². The van der Waals surface area contributed by atoms with Crippen molar-refractivity contribution in [2.75, 3.05) is 6.26 Å². The minimum Gasteiger partial charge on any atom is -0.477 e. The molecule has 3 aromatic carbocycles. The van der Waals surface area contributed by atoms with Crippen LogP contribution in [0.15, 0.2) is 76.4 Å². The first-order chi connectivity index (χ1) is 19.2. The molecule has 0 aliphatic rings. The number of aromatic nitrogens is 6. The Hall–Kier alpha value is -4.09. The van der Waals surface area contributed by atoms with Crippen LogP contribution in [0.4, 0.5) is 0 Å². The quantitative estimate of drug-likeness (QED) is 0.256. The van der Waals surface area contributed by atoms with Gasteiger partial charge >= 0.3 is 0 Å². The first-order valence-corrected chi connectivity index (χ1v) is 15.0. The SMILES string of the molecule is CCCCc1nc2ccc(S(C)(=O)=O)cc2c(=O)n1Cc1ccc(OC(c2nn[nH]n2)c2ccccc2Cl)cc1. The van der Waals surface area contributed by atoms with Gasteiger partial charge in [-0.15, -0.1) is 10.2 Å². The number of aromatic amines is 1. The predicted molar refractivity (Wildman–Crippen MR) is 151 cm³/mol. The Labute approximate surface area is 235 Å². The van der Waals surface area contributed by atoms with Crippen molar-refractivity contribution >= 4 is 32.3 Å². The number of hydrogen-bond donors (Lipinski definition) is 1. The van der Waals surface area contributed by atoms with Gasteiger partial charge in [0.25, 0.3) is 5.56 Å². The Morgan fingerprint density at radius 1 is 1.07 bits per heavy atom. The molecule has 0 aliphatic carbocycles. The van der Waals surface area contributed by atoms with Crippen molar-refractivity contribution in [1.29, 1.82) is 0 Å².